The van der Waals surface area contributed by atoms with Crippen molar-refractivity contribution >= 4 is 5.69 Å². The third-order valence-corrected chi connectivity index (χ3v) is 3.00. The van der Waals surface area contributed by atoms with E-state index in [4.69, 9.17) is 4.74 Å². The van der Waals surface area contributed by atoms with Crippen molar-refractivity contribution in [1.29, 1.82) is 0 Å². The number of aryl methyl sites for hydroxylation is 2. The topological polar surface area (TPSA) is 52.0 Å². The number of anilines is 1. The molecule has 1 aromatic heterocycles. The summed E-state index contributed by atoms with van der Waals surface area (Å²) in [5.74, 6) is 1.83. The fourth-order valence-corrected chi connectivity index (χ4v) is 1.96. The fourth-order valence-electron chi connectivity index (χ4n) is 1.96. The Kier molecular flexibility index (Phi) is 4.39. The van der Waals surface area contributed by atoms with Gasteiger partial charge in [-0.15, -0.1) is 0 Å². The summed E-state index contributed by atoms with van der Waals surface area (Å²) < 4.78 is 7.13. The zero-order valence-electron chi connectivity index (χ0n) is 11.7. The number of hydrogen-bond donors (Lipinski definition) is 1. The number of aromatic nitrogens is 3. The van der Waals surface area contributed by atoms with Crippen LogP contribution >= 0.6 is 0 Å². The standard InChI is InChI=1S/C14H20N4O/c1-4-7-18-14(16-10-17-18)9-15-13-6-5-12(19-3)8-11(13)2/h5-6,8,10,15H,4,7,9H2,1-3H3. The largest absolute Gasteiger partial charge is 0.497 e. The average molecular weight is 260 g/mol. The highest BCUT2D eigenvalue weighted by molar-refractivity contribution is 5.53. The lowest BCUT2D eigenvalue weighted by Gasteiger charge is -2.11. The fraction of sp³-hybridized carbons (Fsp3) is 0.429. The maximum atomic E-state index is 5.20. The minimum Gasteiger partial charge on any atom is -0.497 e. The van der Waals surface area contributed by atoms with Gasteiger partial charge in [-0.05, 0) is 37.1 Å². The van der Waals surface area contributed by atoms with Crippen LogP contribution in [0.2, 0.25) is 0 Å². The van der Waals surface area contributed by atoms with Gasteiger partial charge in [0.15, 0.2) is 0 Å². The van der Waals surface area contributed by atoms with E-state index in [2.05, 4.69) is 29.2 Å². The quantitative estimate of drug-likeness (QED) is 0.867. The monoisotopic (exact) mass is 260 g/mol. The maximum absolute atomic E-state index is 5.20. The maximum Gasteiger partial charge on any atom is 0.146 e. The first-order valence-electron chi connectivity index (χ1n) is 6.49. The molecule has 2 rings (SSSR count). The zero-order valence-corrected chi connectivity index (χ0v) is 11.7. The molecule has 0 aliphatic rings. The number of hydrogen-bond acceptors (Lipinski definition) is 4. The molecule has 5 nitrogen and oxygen atoms in total. The molecule has 0 spiro atoms. The SMILES string of the molecule is CCCn1ncnc1CNc1ccc(OC)cc1C. The molecule has 0 saturated heterocycles. The highest BCUT2D eigenvalue weighted by atomic mass is 16.5. The van der Waals surface area contributed by atoms with E-state index >= 15 is 0 Å². The van der Waals surface area contributed by atoms with Gasteiger partial charge in [0.25, 0.3) is 0 Å². The molecule has 0 saturated carbocycles. The smallest absolute Gasteiger partial charge is 0.146 e. The van der Waals surface area contributed by atoms with Crippen molar-refractivity contribution in [2.75, 3.05) is 12.4 Å². The summed E-state index contributed by atoms with van der Waals surface area (Å²) in [7, 11) is 1.68. The van der Waals surface area contributed by atoms with Gasteiger partial charge in [0, 0.05) is 12.2 Å². The van der Waals surface area contributed by atoms with E-state index in [1.165, 1.54) is 0 Å². The van der Waals surface area contributed by atoms with Crippen molar-refractivity contribution in [3.8, 4) is 5.75 Å². The molecule has 0 unspecified atom stereocenters. The Balaban J connectivity index is 2.04. The van der Waals surface area contributed by atoms with Crippen molar-refractivity contribution in [3.05, 3.63) is 35.9 Å². The molecule has 2 aromatic rings. The summed E-state index contributed by atoms with van der Waals surface area (Å²) in [4.78, 5) is 4.28. The van der Waals surface area contributed by atoms with Gasteiger partial charge in [-0.25, -0.2) is 9.67 Å². The number of methoxy groups -OCH3 is 1. The van der Waals surface area contributed by atoms with E-state index in [-0.39, 0.29) is 0 Å². The summed E-state index contributed by atoms with van der Waals surface area (Å²) >= 11 is 0. The van der Waals surface area contributed by atoms with Gasteiger partial charge in [0.2, 0.25) is 0 Å². The van der Waals surface area contributed by atoms with Crippen LogP contribution in [0.3, 0.4) is 0 Å². The summed E-state index contributed by atoms with van der Waals surface area (Å²) in [6, 6.07) is 5.99. The molecule has 1 aromatic carbocycles. The van der Waals surface area contributed by atoms with Crippen molar-refractivity contribution in [1.82, 2.24) is 14.8 Å². The molecule has 0 bridgehead atoms. The number of nitrogens with one attached hydrogen (secondary N) is 1. The lowest BCUT2D eigenvalue weighted by Crippen LogP contribution is -2.10. The van der Waals surface area contributed by atoms with Crippen LogP contribution in [0.15, 0.2) is 24.5 Å². The lowest BCUT2D eigenvalue weighted by molar-refractivity contribution is 0.414. The second-order valence-electron chi connectivity index (χ2n) is 4.43. The predicted octanol–water partition coefficient (Wildman–Crippen LogP) is 2.62. The normalized spacial score (nSPS) is 10.5. The number of nitrogens with zero attached hydrogens (tertiary/aromatic N) is 3. The van der Waals surface area contributed by atoms with E-state index in [1.807, 2.05) is 22.9 Å². The minimum absolute atomic E-state index is 0.674. The molecule has 0 aliphatic carbocycles. The van der Waals surface area contributed by atoms with E-state index in [0.717, 1.165) is 35.8 Å². The summed E-state index contributed by atoms with van der Waals surface area (Å²) in [6.45, 7) is 5.76. The molecule has 0 radical (unpaired) electrons. The first-order chi connectivity index (χ1) is 9.24. The van der Waals surface area contributed by atoms with Crippen molar-refractivity contribution in [2.24, 2.45) is 0 Å². The molecule has 102 valence electrons. The van der Waals surface area contributed by atoms with Crippen molar-refractivity contribution < 1.29 is 4.74 Å². The third kappa shape index (κ3) is 3.24. The van der Waals surface area contributed by atoms with Crippen molar-refractivity contribution in [3.63, 3.8) is 0 Å². The van der Waals surface area contributed by atoms with Crippen LogP contribution in [0.4, 0.5) is 5.69 Å². The van der Waals surface area contributed by atoms with Crippen LogP contribution in [-0.2, 0) is 13.1 Å². The Bertz CT molecular complexity index is 536. The Morgan fingerprint density at radius 2 is 2.21 bits per heavy atom. The van der Waals surface area contributed by atoms with Gasteiger partial charge in [0.1, 0.15) is 17.9 Å². The Morgan fingerprint density at radius 1 is 1.37 bits per heavy atom. The predicted molar refractivity (Wildman–Crippen MR) is 75.4 cm³/mol. The van der Waals surface area contributed by atoms with E-state index in [1.54, 1.807) is 13.4 Å². The van der Waals surface area contributed by atoms with Crippen LogP contribution in [0, 0.1) is 6.92 Å². The number of ether oxygens (including phenoxy) is 1. The highest BCUT2D eigenvalue weighted by Crippen LogP contribution is 2.21. The van der Waals surface area contributed by atoms with Crippen LogP contribution in [-0.4, -0.2) is 21.9 Å². The molecule has 0 atom stereocenters. The molecule has 5 heteroatoms. The van der Waals surface area contributed by atoms with E-state index in [9.17, 15) is 0 Å². The summed E-state index contributed by atoms with van der Waals surface area (Å²) in [6.07, 6.45) is 2.66. The van der Waals surface area contributed by atoms with E-state index < -0.39 is 0 Å². The first-order valence-corrected chi connectivity index (χ1v) is 6.49. The molecular formula is C14H20N4O. The van der Waals surface area contributed by atoms with Gasteiger partial charge < -0.3 is 10.1 Å². The van der Waals surface area contributed by atoms with Gasteiger partial charge in [0.05, 0.1) is 13.7 Å². The van der Waals surface area contributed by atoms with Crippen LogP contribution in [0.1, 0.15) is 24.7 Å². The van der Waals surface area contributed by atoms with Crippen LogP contribution in [0.25, 0.3) is 0 Å². The minimum atomic E-state index is 0.674. The van der Waals surface area contributed by atoms with Crippen LogP contribution < -0.4 is 10.1 Å². The molecule has 19 heavy (non-hydrogen) atoms. The average Bonchev–Trinajstić information content (AvgIpc) is 2.85. The summed E-state index contributed by atoms with van der Waals surface area (Å²) in [5.41, 5.74) is 2.24. The Hall–Kier alpha value is -2.04. The highest BCUT2D eigenvalue weighted by Gasteiger charge is 2.05. The van der Waals surface area contributed by atoms with Gasteiger partial charge in [-0.1, -0.05) is 6.92 Å². The summed E-state index contributed by atoms with van der Waals surface area (Å²) in [5, 5.41) is 7.60. The third-order valence-electron chi connectivity index (χ3n) is 3.00. The number of rotatable bonds is 6. The molecule has 0 amide bonds. The van der Waals surface area contributed by atoms with Gasteiger partial charge >= 0.3 is 0 Å². The van der Waals surface area contributed by atoms with Crippen molar-refractivity contribution in [2.45, 2.75) is 33.4 Å². The Labute approximate surface area is 113 Å². The molecule has 1 heterocycles. The second kappa shape index (κ2) is 6.22. The number of benzene rings is 1. The van der Waals surface area contributed by atoms with Gasteiger partial charge in [-0.3, -0.25) is 0 Å². The molecule has 0 aliphatic heterocycles. The first kappa shape index (κ1) is 13.4. The zero-order chi connectivity index (χ0) is 13.7. The van der Waals surface area contributed by atoms with Crippen LogP contribution in [0.5, 0.6) is 5.75 Å². The lowest BCUT2D eigenvalue weighted by atomic mass is 10.2. The Morgan fingerprint density at radius 3 is 2.89 bits per heavy atom. The molecule has 1 N–H and O–H groups in total. The van der Waals surface area contributed by atoms with Gasteiger partial charge in [-0.2, -0.15) is 5.10 Å². The second-order valence-corrected chi connectivity index (χ2v) is 4.43. The molecular weight excluding hydrogens is 240 g/mol. The molecule has 0 fully saturated rings. The van der Waals surface area contributed by atoms with E-state index in [0.29, 0.717) is 6.54 Å².